The molecule has 1 fully saturated rings. The highest BCUT2D eigenvalue weighted by atomic mass is 16.2. The van der Waals surface area contributed by atoms with Crippen LogP contribution in [0.3, 0.4) is 0 Å². The van der Waals surface area contributed by atoms with Gasteiger partial charge in [-0.05, 0) is 41.8 Å². The number of nitrogens with zero attached hydrogens (tertiary/aromatic N) is 1. The molecule has 130 valence electrons. The average molecular weight is 337 g/mol. The molecule has 1 unspecified atom stereocenters. The van der Waals surface area contributed by atoms with E-state index in [1.54, 1.807) is 24.3 Å². The second-order valence-electron chi connectivity index (χ2n) is 6.26. The summed E-state index contributed by atoms with van der Waals surface area (Å²) in [5, 5.41) is 3.37. The number of hydrogen-bond acceptors (Lipinski definition) is 3. The molecular weight excluding hydrogens is 314 g/mol. The summed E-state index contributed by atoms with van der Waals surface area (Å²) >= 11 is 0. The highest BCUT2D eigenvalue weighted by molar-refractivity contribution is 5.97. The molecule has 0 aliphatic carbocycles. The quantitative estimate of drug-likeness (QED) is 0.897. The van der Waals surface area contributed by atoms with Crippen LogP contribution < -0.4 is 11.1 Å². The van der Waals surface area contributed by atoms with Crippen molar-refractivity contribution >= 4 is 11.8 Å². The molecule has 1 heterocycles. The number of piperazine rings is 1. The molecule has 0 saturated carbocycles. The van der Waals surface area contributed by atoms with Crippen molar-refractivity contribution in [3.63, 3.8) is 0 Å². The molecule has 5 nitrogen and oxygen atoms in total. The summed E-state index contributed by atoms with van der Waals surface area (Å²) in [6.45, 7) is 4.28. The van der Waals surface area contributed by atoms with Crippen LogP contribution in [0.2, 0.25) is 0 Å². The second kappa shape index (κ2) is 7.49. The molecule has 3 rings (SSSR count). The van der Waals surface area contributed by atoms with Crippen LogP contribution in [0.1, 0.15) is 44.8 Å². The molecule has 0 aromatic heterocycles. The fourth-order valence-corrected chi connectivity index (χ4v) is 3.16. The summed E-state index contributed by atoms with van der Waals surface area (Å²) in [4.78, 5) is 26.1. The van der Waals surface area contributed by atoms with Crippen molar-refractivity contribution in [2.75, 3.05) is 19.6 Å². The summed E-state index contributed by atoms with van der Waals surface area (Å²) in [5.74, 6) is -0.517. The fourth-order valence-electron chi connectivity index (χ4n) is 3.16. The summed E-state index contributed by atoms with van der Waals surface area (Å²) in [5.41, 5.74) is 8.66. The molecule has 1 saturated heterocycles. The second-order valence-corrected chi connectivity index (χ2v) is 6.26. The van der Waals surface area contributed by atoms with Crippen molar-refractivity contribution in [1.29, 1.82) is 0 Å². The normalized spacial score (nSPS) is 17.3. The number of aryl methyl sites for hydroxylation is 1. The van der Waals surface area contributed by atoms with Crippen molar-refractivity contribution in [2.45, 2.75) is 19.4 Å². The van der Waals surface area contributed by atoms with E-state index in [-0.39, 0.29) is 11.9 Å². The number of nitrogens with one attached hydrogen (secondary N) is 1. The SMILES string of the molecule is CCc1ccc(C2CNCCN2C(=O)c2ccc(C(N)=O)cc2)cc1. The minimum atomic E-state index is -0.491. The number of benzene rings is 2. The number of carbonyl (C=O) groups is 2. The van der Waals surface area contributed by atoms with Crippen LogP contribution in [0, 0.1) is 0 Å². The van der Waals surface area contributed by atoms with Crippen LogP contribution in [-0.4, -0.2) is 36.3 Å². The first-order valence-corrected chi connectivity index (χ1v) is 8.60. The van der Waals surface area contributed by atoms with E-state index < -0.39 is 5.91 Å². The van der Waals surface area contributed by atoms with Crippen LogP contribution in [0.25, 0.3) is 0 Å². The molecule has 1 aliphatic heterocycles. The number of primary amides is 1. The van der Waals surface area contributed by atoms with E-state index in [0.717, 1.165) is 25.1 Å². The first-order valence-electron chi connectivity index (χ1n) is 8.60. The fraction of sp³-hybridized carbons (Fsp3) is 0.300. The monoisotopic (exact) mass is 337 g/mol. The van der Waals surface area contributed by atoms with Gasteiger partial charge in [0.25, 0.3) is 5.91 Å². The predicted molar refractivity (Wildman–Crippen MR) is 97.4 cm³/mol. The van der Waals surface area contributed by atoms with Gasteiger partial charge in [-0.1, -0.05) is 31.2 Å². The first kappa shape index (κ1) is 17.2. The summed E-state index contributed by atoms with van der Waals surface area (Å²) in [6.07, 6.45) is 0.998. The van der Waals surface area contributed by atoms with Gasteiger partial charge in [-0.2, -0.15) is 0 Å². The van der Waals surface area contributed by atoms with E-state index in [4.69, 9.17) is 5.73 Å². The largest absolute Gasteiger partial charge is 0.366 e. The third-order valence-corrected chi connectivity index (χ3v) is 4.69. The van der Waals surface area contributed by atoms with Gasteiger partial charge in [0.1, 0.15) is 0 Å². The zero-order valence-corrected chi connectivity index (χ0v) is 14.4. The molecule has 2 aromatic rings. The van der Waals surface area contributed by atoms with Gasteiger partial charge in [-0.15, -0.1) is 0 Å². The molecule has 2 aromatic carbocycles. The van der Waals surface area contributed by atoms with Gasteiger partial charge in [-0.25, -0.2) is 0 Å². The van der Waals surface area contributed by atoms with E-state index in [1.165, 1.54) is 5.56 Å². The van der Waals surface area contributed by atoms with E-state index in [1.807, 2.05) is 4.90 Å². The van der Waals surface area contributed by atoms with Crippen LogP contribution in [0.15, 0.2) is 48.5 Å². The van der Waals surface area contributed by atoms with Gasteiger partial charge in [0.15, 0.2) is 0 Å². The first-order chi connectivity index (χ1) is 12.1. The summed E-state index contributed by atoms with van der Waals surface area (Å²) in [7, 11) is 0. The molecule has 3 N–H and O–H groups in total. The van der Waals surface area contributed by atoms with E-state index >= 15 is 0 Å². The third kappa shape index (κ3) is 3.72. The highest BCUT2D eigenvalue weighted by Crippen LogP contribution is 2.25. The van der Waals surface area contributed by atoms with Crippen molar-refractivity contribution in [3.8, 4) is 0 Å². The molecule has 25 heavy (non-hydrogen) atoms. The van der Waals surface area contributed by atoms with E-state index in [0.29, 0.717) is 17.7 Å². The lowest BCUT2D eigenvalue weighted by atomic mass is 9.99. The molecule has 2 amide bonds. The Balaban J connectivity index is 1.84. The zero-order chi connectivity index (χ0) is 17.8. The van der Waals surface area contributed by atoms with Gasteiger partial charge >= 0.3 is 0 Å². The van der Waals surface area contributed by atoms with Gasteiger partial charge < -0.3 is 16.0 Å². The Morgan fingerprint density at radius 2 is 1.72 bits per heavy atom. The number of carbonyl (C=O) groups excluding carboxylic acids is 2. The van der Waals surface area contributed by atoms with Gasteiger partial charge in [0.2, 0.25) is 5.91 Å². The maximum absolute atomic E-state index is 13.0. The van der Waals surface area contributed by atoms with Crippen LogP contribution in [0.5, 0.6) is 0 Å². The lowest BCUT2D eigenvalue weighted by molar-refractivity contribution is 0.0634. The highest BCUT2D eigenvalue weighted by Gasteiger charge is 2.28. The Morgan fingerprint density at radius 1 is 1.08 bits per heavy atom. The molecule has 5 heteroatoms. The summed E-state index contributed by atoms with van der Waals surface area (Å²) < 4.78 is 0. The van der Waals surface area contributed by atoms with Crippen molar-refractivity contribution in [1.82, 2.24) is 10.2 Å². The number of nitrogens with two attached hydrogens (primary N) is 1. The molecular formula is C20H23N3O2. The maximum atomic E-state index is 13.0. The zero-order valence-electron chi connectivity index (χ0n) is 14.4. The Bertz CT molecular complexity index is 754. The molecule has 0 radical (unpaired) electrons. The minimum Gasteiger partial charge on any atom is -0.366 e. The van der Waals surface area contributed by atoms with Crippen molar-refractivity contribution in [3.05, 3.63) is 70.8 Å². The molecule has 0 bridgehead atoms. The van der Waals surface area contributed by atoms with Crippen LogP contribution in [0.4, 0.5) is 0 Å². The maximum Gasteiger partial charge on any atom is 0.254 e. The smallest absolute Gasteiger partial charge is 0.254 e. The van der Waals surface area contributed by atoms with Crippen LogP contribution in [-0.2, 0) is 6.42 Å². The number of hydrogen-bond donors (Lipinski definition) is 2. The van der Waals surface area contributed by atoms with Crippen molar-refractivity contribution in [2.24, 2.45) is 5.73 Å². The predicted octanol–water partition coefficient (Wildman–Crippen LogP) is 2.13. The summed E-state index contributed by atoms with van der Waals surface area (Å²) in [6, 6.07) is 15.0. The Kier molecular flexibility index (Phi) is 5.14. The molecule has 0 spiro atoms. The van der Waals surface area contributed by atoms with Crippen LogP contribution >= 0.6 is 0 Å². The number of rotatable bonds is 4. The Labute approximate surface area is 147 Å². The van der Waals surface area contributed by atoms with Gasteiger partial charge in [0.05, 0.1) is 6.04 Å². The lowest BCUT2D eigenvalue weighted by Gasteiger charge is -2.36. The molecule has 1 atom stereocenters. The Morgan fingerprint density at radius 3 is 2.32 bits per heavy atom. The standard InChI is InChI=1S/C20H23N3O2/c1-2-14-3-5-15(6-4-14)18-13-22-11-12-23(18)20(25)17-9-7-16(8-10-17)19(21)24/h3-10,18,22H,2,11-13H2,1H3,(H2,21,24). The topological polar surface area (TPSA) is 75.4 Å². The third-order valence-electron chi connectivity index (χ3n) is 4.69. The van der Waals surface area contributed by atoms with Gasteiger partial charge in [0, 0.05) is 30.8 Å². The van der Waals surface area contributed by atoms with E-state index in [9.17, 15) is 9.59 Å². The lowest BCUT2D eigenvalue weighted by Crippen LogP contribution is -2.48. The Hall–Kier alpha value is -2.66. The van der Waals surface area contributed by atoms with E-state index in [2.05, 4.69) is 36.5 Å². The molecule has 1 aliphatic rings. The van der Waals surface area contributed by atoms with Gasteiger partial charge in [-0.3, -0.25) is 9.59 Å². The number of amides is 2. The van der Waals surface area contributed by atoms with Crippen molar-refractivity contribution < 1.29 is 9.59 Å². The minimum absolute atomic E-state index is 0.00275. The average Bonchev–Trinajstić information content (AvgIpc) is 2.67.